The van der Waals surface area contributed by atoms with Crippen LogP contribution in [0.1, 0.15) is 11.1 Å². The molecular weight excluding hydrogens is 408 g/mol. The van der Waals surface area contributed by atoms with Gasteiger partial charge in [-0.3, -0.25) is 4.98 Å². The Morgan fingerprint density at radius 1 is 1.07 bits per heavy atom. The molecule has 30 heavy (non-hydrogen) atoms. The molecule has 5 nitrogen and oxygen atoms in total. The monoisotopic (exact) mass is 427 g/mol. The van der Waals surface area contributed by atoms with Crippen LogP contribution in [0.4, 0.5) is 14.5 Å². The summed E-state index contributed by atoms with van der Waals surface area (Å²) in [6.07, 6.45) is 4.31. The first-order valence-electron chi connectivity index (χ1n) is 9.20. The minimum absolute atomic E-state index is 0.0670. The molecule has 0 N–H and O–H groups in total. The second-order valence-corrected chi connectivity index (χ2v) is 8.88. The number of pyridine rings is 1. The number of hydrogen-bond acceptors (Lipinski definition) is 4. The minimum atomic E-state index is -3.86. The van der Waals surface area contributed by atoms with Crippen LogP contribution in [0.3, 0.4) is 0 Å². The Bertz CT molecular complexity index is 1340. The lowest BCUT2D eigenvalue weighted by Gasteiger charge is -2.20. The number of nitrogens with zero attached hydrogens (tertiary/aromatic N) is 3. The molecule has 0 radical (unpaired) electrons. The van der Waals surface area contributed by atoms with Crippen LogP contribution in [0.25, 0.3) is 10.9 Å². The van der Waals surface area contributed by atoms with E-state index in [1.807, 2.05) is 0 Å². The lowest BCUT2D eigenvalue weighted by Crippen LogP contribution is -2.18. The van der Waals surface area contributed by atoms with Crippen molar-refractivity contribution in [2.45, 2.75) is 18.4 Å². The summed E-state index contributed by atoms with van der Waals surface area (Å²) in [5, 5.41) is 0.713. The number of halogens is 2. The van der Waals surface area contributed by atoms with E-state index in [0.29, 0.717) is 16.5 Å². The Balaban J connectivity index is 1.79. The van der Waals surface area contributed by atoms with Crippen LogP contribution in [0.15, 0.2) is 72.0 Å². The molecule has 0 saturated heterocycles. The summed E-state index contributed by atoms with van der Waals surface area (Å²) in [6.45, 7) is 1.69. The minimum Gasteiger partial charge on any atom is -0.368 e. The van der Waals surface area contributed by atoms with Crippen molar-refractivity contribution < 1.29 is 17.2 Å². The molecule has 0 bridgehead atoms. The van der Waals surface area contributed by atoms with E-state index in [1.165, 1.54) is 35.6 Å². The highest BCUT2D eigenvalue weighted by molar-refractivity contribution is 7.90. The number of benzene rings is 2. The standard InChI is InChI=1S/C22H19F2N3O2S/c1-15-10-20(24)22(11-19(15)23)26(2)13-16-14-27(21-8-4-3-7-18(16)21)30(28,29)17-6-5-9-25-12-17/h3-12,14H,13H2,1-2H3. The van der Waals surface area contributed by atoms with Gasteiger partial charge in [-0.25, -0.2) is 21.2 Å². The van der Waals surface area contributed by atoms with Crippen LogP contribution in [0.5, 0.6) is 0 Å². The van der Waals surface area contributed by atoms with Crippen LogP contribution >= 0.6 is 0 Å². The number of hydrogen-bond donors (Lipinski definition) is 0. The predicted molar refractivity (Wildman–Crippen MR) is 112 cm³/mol. The average molecular weight is 427 g/mol. The van der Waals surface area contributed by atoms with Crippen molar-refractivity contribution in [3.8, 4) is 0 Å². The molecule has 0 aliphatic carbocycles. The lowest BCUT2D eigenvalue weighted by molar-refractivity contribution is 0.587. The fourth-order valence-electron chi connectivity index (χ4n) is 3.43. The van der Waals surface area contributed by atoms with Gasteiger partial charge in [0.25, 0.3) is 10.0 Å². The van der Waals surface area contributed by atoms with Crippen LogP contribution < -0.4 is 4.90 Å². The number of anilines is 1. The SMILES string of the molecule is Cc1cc(F)c(N(C)Cc2cn(S(=O)(=O)c3cccnc3)c3ccccc23)cc1F. The molecule has 0 unspecified atom stereocenters. The van der Waals surface area contributed by atoms with Gasteiger partial charge in [0, 0.05) is 43.6 Å². The van der Waals surface area contributed by atoms with Crippen molar-refractivity contribution in [1.29, 1.82) is 0 Å². The Kier molecular flexibility index (Phi) is 5.03. The van der Waals surface area contributed by atoms with Crippen LogP contribution in [-0.2, 0) is 16.6 Å². The summed E-state index contributed by atoms with van der Waals surface area (Å²) < 4.78 is 55.9. The van der Waals surface area contributed by atoms with E-state index in [4.69, 9.17) is 0 Å². The average Bonchev–Trinajstić information content (AvgIpc) is 3.10. The first-order chi connectivity index (χ1) is 14.3. The van der Waals surface area contributed by atoms with Gasteiger partial charge in [0.1, 0.15) is 16.5 Å². The molecule has 0 fully saturated rings. The second kappa shape index (κ2) is 7.53. The van der Waals surface area contributed by atoms with Crippen LogP contribution in [-0.4, -0.2) is 24.4 Å². The number of aryl methyl sites for hydroxylation is 1. The number of para-hydroxylation sites is 1. The van der Waals surface area contributed by atoms with E-state index in [0.717, 1.165) is 12.1 Å². The van der Waals surface area contributed by atoms with Crippen molar-refractivity contribution >= 4 is 26.6 Å². The normalized spacial score (nSPS) is 11.7. The lowest BCUT2D eigenvalue weighted by atomic mass is 10.1. The zero-order chi connectivity index (χ0) is 21.5. The van der Waals surface area contributed by atoms with Gasteiger partial charge in [0.2, 0.25) is 0 Å². The van der Waals surface area contributed by atoms with Gasteiger partial charge in [-0.05, 0) is 42.3 Å². The van der Waals surface area contributed by atoms with E-state index in [2.05, 4.69) is 4.98 Å². The van der Waals surface area contributed by atoms with Gasteiger partial charge in [-0.2, -0.15) is 0 Å². The van der Waals surface area contributed by atoms with Gasteiger partial charge in [0.05, 0.1) is 11.2 Å². The molecule has 4 rings (SSSR count). The molecule has 8 heteroatoms. The maximum absolute atomic E-state index is 14.4. The third-order valence-corrected chi connectivity index (χ3v) is 6.66. The summed E-state index contributed by atoms with van der Waals surface area (Å²) in [5.74, 6) is -1.04. The van der Waals surface area contributed by atoms with Crippen LogP contribution in [0, 0.1) is 18.6 Å². The molecule has 0 aliphatic heterocycles. The molecular formula is C22H19F2N3O2S. The molecule has 2 aromatic carbocycles. The molecule has 154 valence electrons. The highest BCUT2D eigenvalue weighted by Crippen LogP contribution is 2.29. The Morgan fingerprint density at radius 2 is 1.83 bits per heavy atom. The zero-order valence-electron chi connectivity index (χ0n) is 16.4. The van der Waals surface area contributed by atoms with Gasteiger partial charge in [-0.1, -0.05) is 18.2 Å². The van der Waals surface area contributed by atoms with E-state index in [1.54, 1.807) is 42.3 Å². The highest BCUT2D eigenvalue weighted by Gasteiger charge is 2.22. The molecule has 0 spiro atoms. The fraction of sp³-hybridized carbons (Fsp3) is 0.136. The van der Waals surface area contributed by atoms with Crippen molar-refractivity contribution in [1.82, 2.24) is 8.96 Å². The predicted octanol–water partition coefficient (Wildman–Crippen LogP) is 4.50. The summed E-state index contributed by atoms with van der Waals surface area (Å²) in [6, 6.07) is 12.4. The Morgan fingerprint density at radius 3 is 2.57 bits per heavy atom. The summed E-state index contributed by atoms with van der Waals surface area (Å²) in [7, 11) is -2.23. The van der Waals surface area contributed by atoms with E-state index in [9.17, 15) is 17.2 Å². The van der Waals surface area contributed by atoms with Crippen molar-refractivity contribution in [3.05, 3.63) is 89.9 Å². The van der Waals surface area contributed by atoms with Crippen LogP contribution in [0.2, 0.25) is 0 Å². The van der Waals surface area contributed by atoms with Gasteiger partial charge >= 0.3 is 0 Å². The molecule has 2 heterocycles. The molecule has 0 saturated carbocycles. The summed E-state index contributed by atoms with van der Waals surface area (Å²) >= 11 is 0. The highest BCUT2D eigenvalue weighted by atomic mass is 32.2. The third kappa shape index (κ3) is 3.43. The van der Waals surface area contributed by atoms with Crippen molar-refractivity contribution in [2.24, 2.45) is 0 Å². The molecule has 4 aromatic rings. The molecule has 2 aromatic heterocycles. The van der Waals surface area contributed by atoms with E-state index in [-0.39, 0.29) is 22.7 Å². The quantitative estimate of drug-likeness (QED) is 0.471. The first kappa shape index (κ1) is 20.0. The van der Waals surface area contributed by atoms with Crippen molar-refractivity contribution in [3.63, 3.8) is 0 Å². The fourth-order valence-corrected chi connectivity index (χ4v) is 4.78. The Labute approximate surface area is 173 Å². The maximum Gasteiger partial charge on any atom is 0.269 e. The van der Waals surface area contributed by atoms with E-state index < -0.39 is 21.7 Å². The second-order valence-electron chi connectivity index (χ2n) is 7.07. The number of rotatable bonds is 5. The topological polar surface area (TPSA) is 55.2 Å². The molecule has 0 amide bonds. The maximum atomic E-state index is 14.4. The third-order valence-electron chi connectivity index (χ3n) is 5.00. The van der Waals surface area contributed by atoms with Crippen molar-refractivity contribution in [2.75, 3.05) is 11.9 Å². The number of aromatic nitrogens is 2. The zero-order valence-corrected chi connectivity index (χ0v) is 17.2. The van der Waals surface area contributed by atoms with E-state index >= 15 is 0 Å². The smallest absolute Gasteiger partial charge is 0.269 e. The number of fused-ring (bicyclic) bond motifs is 1. The first-order valence-corrected chi connectivity index (χ1v) is 10.6. The summed E-state index contributed by atoms with van der Waals surface area (Å²) in [4.78, 5) is 5.52. The molecule has 0 aliphatic rings. The van der Waals surface area contributed by atoms with Gasteiger partial charge in [-0.15, -0.1) is 0 Å². The van der Waals surface area contributed by atoms with Gasteiger partial charge in [0.15, 0.2) is 0 Å². The summed E-state index contributed by atoms with van der Waals surface area (Å²) in [5.41, 5.74) is 1.50. The Hall–Kier alpha value is -3.26. The molecule has 0 atom stereocenters. The van der Waals surface area contributed by atoms with Gasteiger partial charge < -0.3 is 4.90 Å². The largest absolute Gasteiger partial charge is 0.368 e.